The van der Waals surface area contributed by atoms with Gasteiger partial charge in [0.2, 0.25) is 5.91 Å². The third kappa shape index (κ3) is 5.11. The van der Waals surface area contributed by atoms with Gasteiger partial charge in [-0.1, -0.05) is 30.3 Å². The zero-order valence-electron chi connectivity index (χ0n) is 14.1. The summed E-state index contributed by atoms with van der Waals surface area (Å²) in [5.74, 6) is 0.487. The van der Waals surface area contributed by atoms with Crippen molar-refractivity contribution in [1.82, 2.24) is 15.1 Å². The van der Waals surface area contributed by atoms with E-state index >= 15 is 0 Å². The standard InChI is InChI=1S/C18H29N3O/c1-15-13-17(9-10-19-15)18(22)21(12-11-20(2)3)14-16-7-5-4-6-8-16/h4-8,15,17,19H,9-14H2,1-3H3/t15-,17-/m0/s1. The molecule has 1 saturated heterocycles. The van der Waals surface area contributed by atoms with E-state index in [9.17, 15) is 4.79 Å². The Kier molecular flexibility index (Phi) is 6.40. The maximum atomic E-state index is 12.9. The molecular weight excluding hydrogens is 274 g/mol. The van der Waals surface area contributed by atoms with Crippen molar-refractivity contribution in [2.75, 3.05) is 33.7 Å². The Morgan fingerprint density at radius 2 is 1.95 bits per heavy atom. The van der Waals surface area contributed by atoms with Crippen molar-refractivity contribution in [2.24, 2.45) is 5.92 Å². The summed E-state index contributed by atoms with van der Waals surface area (Å²) in [7, 11) is 4.11. The molecule has 1 aliphatic rings. The van der Waals surface area contributed by atoms with E-state index in [4.69, 9.17) is 0 Å². The van der Waals surface area contributed by atoms with E-state index in [1.807, 2.05) is 23.1 Å². The molecule has 1 fully saturated rings. The molecule has 1 aliphatic heterocycles. The van der Waals surface area contributed by atoms with Gasteiger partial charge >= 0.3 is 0 Å². The van der Waals surface area contributed by atoms with Crippen molar-refractivity contribution in [3.05, 3.63) is 35.9 Å². The van der Waals surface area contributed by atoms with E-state index in [1.165, 1.54) is 5.56 Å². The monoisotopic (exact) mass is 303 g/mol. The van der Waals surface area contributed by atoms with Crippen molar-refractivity contribution >= 4 is 5.91 Å². The molecule has 1 amide bonds. The van der Waals surface area contributed by atoms with E-state index < -0.39 is 0 Å². The van der Waals surface area contributed by atoms with Crippen LogP contribution in [0.15, 0.2) is 30.3 Å². The fourth-order valence-electron chi connectivity index (χ4n) is 3.01. The zero-order chi connectivity index (χ0) is 15.9. The lowest BCUT2D eigenvalue weighted by Gasteiger charge is -2.33. The second-order valence-corrected chi connectivity index (χ2v) is 6.63. The van der Waals surface area contributed by atoms with Crippen LogP contribution in [0.1, 0.15) is 25.3 Å². The van der Waals surface area contributed by atoms with Crippen molar-refractivity contribution in [2.45, 2.75) is 32.4 Å². The molecule has 22 heavy (non-hydrogen) atoms. The molecule has 1 aromatic rings. The second kappa shape index (κ2) is 8.30. The zero-order valence-corrected chi connectivity index (χ0v) is 14.1. The van der Waals surface area contributed by atoms with Crippen molar-refractivity contribution in [3.63, 3.8) is 0 Å². The number of amides is 1. The molecule has 0 spiro atoms. The molecule has 0 radical (unpaired) electrons. The summed E-state index contributed by atoms with van der Waals surface area (Å²) in [6.45, 7) is 5.52. The number of likely N-dealkylation sites (N-methyl/N-ethyl adjacent to an activating group) is 1. The van der Waals surface area contributed by atoms with E-state index in [0.29, 0.717) is 18.5 Å². The highest BCUT2D eigenvalue weighted by molar-refractivity contribution is 5.79. The van der Waals surface area contributed by atoms with Crippen LogP contribution in [0.25, 0.3) is 0 Å². The van der Waals surface area contributed by atoms with Gasteiger partial charge in [-0.25, -0.2) is 0 Å². The van der Waals surface area contributed by atoms with Crippen LogP contribution in [0.5, 0.6) is 0 Å². The van der Waals surface area contributed by atoms with Gasteiger partial charge in [0.15, 0.2) is 0 Å². The fourth-order valence-corrected chi connectivity index (χ4v) is 3.01. The number of benzene rings is 1. The number of piperidine rings is 1. The molecule has 122 valence electrons. The van der Waals surface area contributed by atoms with Gasteiger partial charge < -0.3 is 15.1 Å². The molecule has 0 saturated carbocycles. The predicted molar refractivity (Wildman–Crippen MR) is 90.6 cm³/mol. The number of rotatable bonds is 6. The molecule has 0 bridgehead atoms. The highest BCUT2D eigenvalue weighted by Crippen LogP contribution is 2.20. The number of nitrogens with zero attached hydrogens (tertiary/aromatic N) is 2. The molecule has 2 atom stereocenters. The predicted octanol–water partition coefficient (Wildman–Crippen LogP) is 1.96. The van der Waals surface area contributed by atoms with Gasteiger partial charge in [-0.3, -0.25) is 4.79 Å². The summed E-state index contributed by atoms with van der Waals surface area (Å²) in [5, 5.41) is 3.43. The molecular formula is C18H29N3O. The van der Waals surface area contributed by atoms with Crippen LogP contribution in [0.2, 0.25) is 0 Å². The molecule has 4 nitrogen and oxygen atoms in total. The molecule has 0 unspecified atom stereocenters. The number of nitrogens with one attached hydrogen (secondary N) is 1. The van der Waals surface area contributed by atoms with Gasteiger partial charge in [-0.05, 0) is 46.0 Å². The largest absolute Gasteiger partial charge is 0.337 e. The average molecular weight is 303 g/mol. The first-order valence-electron chi connectivity index (χ1n) is 8.27. The lowest BCUT2D eigenvalue weighted by atomic mass is 9.92. The Bertz CT molecular complexity index is 461. The van der Waals surface area contributed by atoms with Gasteiger partial charge in [0, 0.05) is 31.6 Å². The van der Waals surface area contributed by atoms with Crippen LogP contribution >= 0.6 is 0 Å². The first-order chi connectivity index (χ1) is 10.6. The number of carbonyl (C=O) groups is 1. The average Bonchev–Trinajstić information content (AvgIpc) is 2.51. The van der Waals surface area contributed by atoms with Gasteiger partial charge in [-0.15, -0.1) is 0 Å². The fraction of sp³-hybridized carbons (Fsp3) is 0.611. The van der Waals surface area contributed by atoms with Crippen LogP contribution in [0, 0.1) is 5.92 Å². The molecule has 0 aliphatic carbocycles. The van der Waals surface area contributed by atoms with E-state index in [1.54, 1.807) is 0 Å². The Morgan fingerprint density at radius 1 is 1.23 bits per heavy atom. The minimum absolute atomic E-state index is 0.169. The number of carbonyl (C=O) groups excluding carboxylic acids is 1. The van der Waals surface area contributed by atoms with E-state index in [0.717, 1.165) is 32.5 Å². The molecule has 4 heteroatoms. The van der Waals surface area contributed by atoms with E-state index in [-0.39, 0.29) is 5.92 Å². The minimum Gasteiger partial charge on any atom is -0.337 e. The van der Waals surface area contributed by atoms with Crippen LogP contribution < -0.4 is 5.32 Å². The Hall–Kier alpha value is -1.39. The third-order valence-electron chi connectivity index (χ3n) is 4.32. The number of hydrogen-bond donors (Lipinski definition) is 1. The maximum Gasteiger partial charge on any atom is 0.226 e. The summed E-state index contributed by atoms with van der Waals surface area (Å²) < 4.78 is 0. The second-order valence-electron chi connectivity index (χ2n) is 6.63. The summed E-state index contributed by atoms with van der Waals surface area (Å²) in [6.07, 6.45) is 1.91. The molecule has 1 heterocycles. The van der Waals surface area contributed by atoms with Crippen molar-refractivity contribution in [3.8, 4) is 0 Å². The van der Waals surface area contributed by atoms with Crippen molar-refractivity contribution < 1.29 is 4.79 Å². The Balaban J connectivity index is 2.03. The first kappa shape index (κ1) is 17.0. The van der Waals surface area contributed by atoms with Gasteiger partial charge in [0.25, 0.3) is 0 Å². The van der Waals surface area contributed by atoms with E-state index in [2.05, 4.69) is 43.4 Å². The summed E-state index contributed by atoms with van der Waals surface area (Å²) in [6, 6.07) is 10.7. The Morgan fingerprint density at radius 3 is 2.59 bits per heavy atom. The smallest absolute Gasteiger partial charge is 0.226 e. The number of hydrogen-bond acceptors (Lipinski definition) is 3. The van der Waals surface area contributed by atoms with Gasteiger partial charge in [-0.2, -0.15) is 0 Å². The normalized spacial score (nSPS) is 21.8. The summed E-state index contributed by atoms with van der Waals surface area (Å²) >= 11 is 0. The molecule has 2 rings (SSSR count). The third-order valence-corrected chi connectivity index (χ3v) is 4.32. The van der Waals surface area contributed by atoms with Crippen LogP contribution in [0.3, 0.4) is 0 Å². The topological polar surface area (TPSA) is 35.6 Å². The van der Waals surface area contributed by atoms with Crippen LogP contribution in [0.4, 0.5) is 0 Å². The lowest BCUT2D eigenvalue weighted by Crippen LogP contribution is -2.45. The molecule has 1 N–H and O–H groups in total. The van der Waals surface area contributed by atoms with Gasteiger partial charge in [0.1, 0.15) is 0 Å². The highest BCUT2D eigenvalue weighted by Gasteiger charge is 2.28. The molecule has 0 aromatic heterocycles. The maximum absolute atomic E-state index is 12.9. The first-order valence-corrected chi connectivity index (χ1v) is 8.27. The minimum atomic E-state index is 0.169. The highest BCUT2D eigenvalue weighted by atomic mass is 16.2. The lowest BCUT2D eigenvalue weighted by molar-refractivity contribution is -0.137. The summed E-state index contributed by atoms with van der Waals surface area (Å²) in [5.41, 5.74) is 1.21. The van der Waals surface area contributed by atoms with Crippen LogP contribution in [-0.4, -0.2) is 55.5 Å². The summed E-state index contributed by atoms with van der Waals surface area (Å²) in [4.78, 5) is 17.1. The SMILES string of the molecule is C[C@H]1C[C@@H](C(=O)N(CCN(C)C)Cc2ccccc2)CCN1. The van der Waals surface area contributed by atoms with Gasteiger partial charge in [0.05, 0.1) is 0 Å². The Labute approximate surface area is 134 Å². The van der Waals surface area contributed by atoms with Crippen molar-refractivity contribution in [1.29, 1.82) is 0 Å². The quantitative estimate of drug-likeness (QED) is 0.873. The van der Waals surface area contributed by atoms with Crippen LogP contribution in [-0.2, 0) is 11.3 Å². The molecule has 1 aromatic carbocycles.